The molecular weight excluding hydrogens is 567 g/mol. The molecule has 5 rings (SSSR count). The lowest BCUT2D eigenvalue weighted by Crippen LogP contribution is -2.39. The van der Waals surface area contributed by atoms with E-state index in [-0.39, 0.29) is 12.1 Å². The van der Waals surface area contributed by atoms with Gasteiger partial charge in [0.15, 0.2) is 0 Å². The summed E-state index contributed by atoms with van der Waals surface area (Å²) in [6.45, 7) is 4.39. The quantitative estimate of drug-likeness (QED) is 0.108. The van der Waals surface area contributed by atoms with Crippen LogP contribution in [0.5, 0.6) is 0 Å². The van der Waals surface area contributed by atoms with E-state index >= 15 is 0 Å². The summed E-state index contributed by atoms with van der Waals surface area (Å²) in [7, 11) is 0. The zero-order chi connectivity index (χ0) is 31.4. The van der Waals surface area contributed by atoms with Crippen LogP contribution in [0.4, 0.5) is 13.2 Å². The lowest BCUT2D eigenvalue weighted by molar-refractivity contribution is -0.137. The fourth-order valence-electron chi connectivity index (χ4n) is 5.93. The van der Waals surface area contributed by atoms with E-state index in [0.717, 1.165) is 50.3 Å². The summed E-state index contributed by atoms with van der Waals surface area (Å²) in [4.78, 5) is 20.3. The number of nitrogens with zero attached hydrogens (tertiary/aromatic N) is 2. The molecule has 234 valence electrons. The van der Waals surface area contributed by atoms with Crippen LogP contribution in [-0.2, 0) is 12.6 Å². The number of H-pyrrole nitrogens is 1. The molecule has 8 nitrogen and oxygen atoms in total. The zero-order valence-electron chi connectivity index (χ0n) is 25.1. The third kappa shape index (κ3) is 7.75. The molecular formula is C33H40F3N7O. The number of benzene rings is 2. The van der Waals surface area contributed by atoms with Gasteiger partial charge in [-0.2, -0.15) is 18.2 Å². The lowest BCUT2D eigenvalue weighted by Gasteiger charge is -2.31. The minimum Gasteiger partial charge on any atom is -0.374 e. The van der Waals surface area contributed by atoms with Crippen molar-refractivity contribution in [2.45, 2.75) is 83.1 Å². The van der Waals surface area contributed by atoms with Crippen molar-refractivity contribution in [2.24, 2.45) is 5.73 Å². The topological polar surface area (TPSA) is 125 Å². The highest BCUT2D eigenvalue weighted by Gasteiger charge is 2.31. The second kappa shape index (κ2) is 13.4. The van der Waals surface area contributed by atoms with E-state index in [0.29, 0.717) is 58.3 Å². The minimum absolute atomic E-state index is 0.0172. The first-order valence-corrected chi connectivity index (χ1v) is 15.2. The molecule has 2 aromatic heterocycles. The Morgan fingerprint density at radius 3 is 2.66 bits per heavy atom. The molecule has 4 aromatic rings. The number of aryl methyl sites for hydroxylation is 1. The summed E-state index contributed by atoms with van der Waals surface area (Å²) in [5.41, 5.74) is 8.18. The van der Waals surface area contributed by atoms with Crippen LogP contribution in [0.1, 0.15) is 75.1 Å². The Labute approximate surface area is 254 Å². The van der Waals surface area contributed by atoms with Gasteiger partial charge in [0, 0.05) is 41.9 Å². The molecule has 0 radical (unpaired) electrons. The number of alkyl halides is 3. The summed E-state index contributed by atoms with van der Waals surface area (Å²) in [5, 5.41) is 15.0. The van der Waals surface area contributed by atoms with Crippen LogP contribution in [0.2, 0.25) is 0 Å². The van der Waals surface area contributed by atoms with Gasteiger partial charge in [-0.3, -0.25) is 9.98 Å². The number of aromatic amines is 1. The van der Waals surface area contributed by atoms with Gasteiger partial charge in [-0.1, -0.05) is 18.6 Å². The Balaban J connectivity index is 1.37. The molecule has 0 bridgehead atoms. The van der Waals surface area contributed by atoms with E-state index in [1.807, 2.05) is 31.2 Å². The average Bonchev–Trinajstić information content (AvgIpc) is 3.39. The summed E-state index contributed by atoms with van der Waals surface area (Å²) in [6, 6.07) is 14.2. The van der Waals surface area contributed by atoms with E-state index in [1.165, 1.54) is 10.6 Å². The first-order valence-electron chi connectivity index (χ1n) is 15.2. The molecule has 11 heteroatoms. The van der Waals surface area contributed by atoms with Crippen molar-refractivity contribution in [1.29, 1.82) is 5.41 Å². The van der Waals surface area contributed by atoms with Crippen molar-refractivity contribution in [1.82, 2.24) is 25.2 Å². The molecule has 3 atom stereocenters. The van der Waals surface area contributed by atoms with Crippen LogP contribution in [0.15, 0.2) is 59.5 Å². The van der Waals surface area contributed by atoms with Crippen molar-refractivity contribution in [3.63, 3.8) is 0 Å². The van der Waals surface area contributed by atoms with Gasteiger partial charge in [0.1, 0.15) is 5.65 Å². The molecule has 3 heterocycles. The van der Waals surface area contributed by atoms with Gasteiger partial charge >= 0.3 is 11.9 Å². The number of fused-ring (bicyclic) bond motifs is 1. The standard InChI is InChI=1S/C33H40F3N7O/c1-20(37)5-3-6-22-15-24(17-26(16-22)33(34,35)36)30-18-25-19-43(32(44)42-31(25)41-30)28-11-9-23(10-12-28)29-8-4-7-27(40-29)13-14-39-21(2)38/h9-12,15-20,27,29,40H,3-8,13-14,37H2,1-2H3,(H2,38,39)(H,41,42,44)/t20-,27-,29-/m0/s1. The molecule has 44 heavy (non-hydrogen) atoms. The Hall–Kier alpha value is -3.96. The number of rotatable bonds is 10. The number of hydrogen-bond acceptors (Lipinski definition) is 5. The summed E-state index contributed by atoms with van der Waals surface area (Å²) in [6.07, 6.45) is 3.25. The van der Waals surface area contributed by atoms with Gasteiger partial charge in [0.05, 0.1) is 17.1 Å². The van der Waals surface area contributed by atoms with E-state index in [1.54, 1.807) is 25.3 Å². The number of halogens is 3. The van der Waals surface area contributed by atoms with Gasteiger partial charge in [-0.15, -0.1) is 0 Å². The maximum absolute atomic E-state index is 13.8. The zero-order valence-corrected chi connectivity index (χ0v) is 25.1. The fourth-order valence-corrected chi connectivity index (χ4v) is 5.93. The Morgan fingerprint density at radius 2 is 1.95 bits per heavy atom. The molecule has 1 fully saturated rings. The van der Waals surface area contributed by atoms with E-state index in [9.17, 15) is 18.0 Å². The molecule has 1 aliphatic heterocycles. The Bertz CT molecular complexity index is 1660. The first kappa shape index (κ1) is 31.5. The Morgan fingerprint density at radius 1 is 1.18 bits per heavy atom. The van der Waals surface area contributed by atoms with E-state index < -0.39 is 17.4 Å². The summed E-state index contributed by atoms with van der Waals surface area (Å²) < 4.78 is 42.7. The Kier molecular flexibility index (Phi) is 9.55. The molecule has 0 amide bonds. The molecule has 6 N–H and O–H groups in total. The number of piperidine rings is 1. The van der Waals surface area contributed by atoms with Crippen molar-refractivity contribution < 1.29 is 13.2 Å². The van der Waals surface area contributed by atoms with Gasteiger partial charge < -0.3 is 21.4 Å². The van der Waals surface area contributed by atoms with Crippen LogP contribution < -0.4 is 22.1 Å². The molecule has 0 saturated carbocycles. The number of nitrogens with one attached hydrogen (secondary N) is 4. The smallest absolute Gasteiger partial charge is 0.374 e. The minimum atomic E-state index is -4.49. The highest BCUT2D eigenvalue weighted by molar-refractivity contribution is 5.83. The predicted octanol–water partition coefficient (Wildman–Crippen LogP) is 6.23. The lowest BCUT2D eigenvalue weighted by atomic mass is 9.92. The molecule has 1 aliphatic rings. The number of amidine groups is 1. The summed E-state index contributed by atoms with van der Waals surface area (Å²) in [5.74, 6) is 0.472. The van der Waals surface area contributed by atoms with Crippen LogP contribution in [0.3, 0.4) is 0 Å². The highest BCUT2D eigenvalue weighted by atomic mass is 19.4. The van der Waals surface area contributed by atoms with Crippen molar-refractivity contribution >= 4 is 16.9 Å². The van der Waals surface area contributed by atoms with Gasteiger partial charge in [-0.25, -0.2) is 4.79 Å². The van der Waals surface area contributed by atoms with Crippen LogP contribution >= 0.6 is 0 Å². The third-order valence-electron chi connectivity index (χ3n) is 8.20. The van der Waals surface area contributed by atoms with Crippen molar-refractivity contribution in [2.75, 3.05) is 6.54 Å². The van der Waals surface area contributed by atoms with Crippen LogP contribution in [-0.4, -0.2) is 39.0 Å². The highest BCUT2D eigenvalue weighted by Crippen LogP contribution is 2.34. The van der Waals surface area contributed by atoms with Crippen LogP contribution in [0.25, 0.3) is 28.0 Å². The average molecular weight is 608 g/mol. The number of aromatic nitrogens is 3. The largest absolute Gasteiger partial charge is 0.416 e. The predicted molar refractivity (Wildman–Crippen MR) is 168 cm³/mol. The van der Waals surface area contributed by atoms with Gasteiger partial charge in [0.2, 0.25) is 0 Å². The monoisotopic (exact) mass is 607 g/mol. The number of nitrogens with two attached hydrogens (primary N) is 1. The maximum Gasteiger partial charge on any atom is 0.416 e. The molecule has 0 unspecified atom stereocenters. The van der Waals surface area contributed by atoms with Gasteiger partial charge in [0.25, 0.3) is 0 Å². The molecule has 2 aromatic carbocycles. The second-order valence-corrected chi connectivity index (χ2v) is 11.9. The van der Waals surface area contributed by atoms with E-state index in [2.05, 4.69) is 20.6 Å². The molecule has 1 saturated heterocycles. The molecule has 0 aliphatic carbocycles. The fraction of sp³-hybridized carbons (Fsp3) is 0.424. The van der Waals surface area contributed by atoms with Crippen molar-refractivity contribution in [3.8, 4) is 16.9 Å². The number of hydrogen-bond donors (Lipinski definition) is 5. The third-order valence-corrected chi connectivity index (χ3v) is 8.20. The maximum atomic E-state index is 13.8. The van der Waals surface area contributed by atoms with E-state index in [4.69, 9.17) is 11.1 Å². The van der Waals surface area contributed by atoms with Crippen LogP contribution in [0, 0.1) is 5.41 Å². The second-order valence-electron chi connectivity index (χ2n) is 11.9. The van der Waals surface area contributed by atoms with Crippen molar-refractivity contribution in [3.05, 3.63) is 81.9 Å². The summed E-state index contributed by atoms with van der Waals surface area (Å²) >= 11 is 0. The molecule has 0 spiro atoms. The normalized spacial score (nSPS) is 18.0. The van der Waals surface area contributed by atoms with Gasteiger partial charge in [-0.05, 0) is 105 Å². The SMILES string of the molecule is CC(=N)NCC[C@@H]1CCC[C@@H](c2ccc(-n3cc4cc(-c5cc(CCC[C@H](C)N)cc(C(F)(F)F)c5)[nH]c4nc3=O)cc2)N1. The first-order chi connectivity index (χ1) is 21.0.